The second-order valence-electron chi connectivity index (χ2n) is 7.36. The van der Waals surface area contributed by atoms with Gasteiger partial charge in [0.1, 0.15) is 0 Å². The molecule has 7 heteroatoms. The number of anilines is 1. The SMILES string of the molecule is Cc1nn(-c2ccccc2)cc1CCCNC(=O)c1ccccc1NC(=O)c1cccs1. The average Bonchev–Trinajstić information content (AvgIpc) is 3.48. The minimum Gasteiger partial charge on any atom is -0.352 e. The molecular formula is C25H24N4O2S. The van der Waals surface area contributed by atoms with Crippen LogP contribution in [0, 0.1) is 6.92 Å². The summed E-state index contributed by atoms with van der Waals surface area (Å²) in [6.07, 6.45) is 3.65. The van der Waals surface area contributed by atoms with Gasteiger partial charge in [-0.05, 0) is 61.0 Å². The van der Waals surface area contributed by atoms with Gasteiger partial charge in [0, 0.05) is 12.7 Å². The van der Waals surface area contributed by atoms with E-state index in [4.69, 9.17) is 0 Å². The standard InChI is InChI=1S/C25H24N4O2S/c1-18-19(17-29(28-18)20-10-3-2-4-11-20)9-7-15-26-24(30)21-12-5-6-13-22(21)27-25(31)23-14-8-16-32-23/h2-6,8,10-14,16-17H,7,9,15H2,1H3,(H,26,30)(H,27,31). The maximum Gasteiger partial charge on any atom is 0.265 e. The number of hydrogen-bond acceptors (Lipinski definition) is 4. The number of para-hydroxylation sites is 2. The molecule has 0 aliphatic rings. The van der Waals surface area contributed by atoms with Crippen molar-refractivity contribution in [1.29, 1.82) is 0 Å². The van der Waals surface area contributed by atoms with E-state index in [1.807, 2.05) is 59.6 Å². The van der Waals surface area contributed by atoms with E-state index in [0.717, 1.165) is 29.8 Å². The van der Waals surface area contributed by atoms with Crippen molar-refractivity contribution >= 4 is 28.8 Å². The van der Waals surface area contributed by atoms with E-state index in [0.29, 0.717) is 22.7 Å². The number of rotatable bonds is 8. The van der Waals surface area contributed by atoms with E-state index in [2.05, 4.69) is 15.7 Å². The van der Waals surface area contributed by atoms with Gasteiger partial charge in [0.2, 0.25) is 0 Å². The zero-order valence-electron chi connectivity index (χ0n) is 17.7. The number of aryl methyl sites for hydroxylation is 2. The lowest BCUT2D eigenvalue weighted by Gasteiger charge is -2.11. The third kappa shape index (κ3) is 5.12. The van der Waals surface area contributed by atoms with Crippen molar-refractivity contribution in [2.75, 3.05) is 11.9 Å². The van der Waals surface area contributed by atoms with Gasteiger partial charge in [0.05, 0.1) is 27.5 Å². The van der Waals surface area contributed by atoms with Crippen LogP contribution in [0.5, 0.6) is 0 Å². The summed E-state index contributed by atoms with van der Waals surface area (Å²) in [5.74, 6) is -0.421. The number of benzene rings is 2. The van der Waals surface area contributed by atoms with Crippen molar-refractivity contribution in [2.24, 2.45) is 0 Å². The molecule has 0 aliphatic heterocycles. The third-order valence-electron chi connectivity index (χ3n) is 5.09. The van der Waals surface area contributed by atoms with Crippen LogP contribution >= 0.6 is 11.3 Å². The van der Waals surface area contributed by atoms with Crippen LogP contribution in [-0.4, -0.2) is 28.1 Å². The molecule has 0 saturated heterocycles. The van der Waals surface area contributed by atoms with E-state index in [-0.39, 0.29) is 11.8 Å². The summed E-state index contributed by atoms with van der Waals surface area (Å²) >= 11 is 1.36. The van der Waals surface area contributed by atoms with Gasteiger partial charge in [0.15, 0.2) is 0 Å². The molecule has 0 aliphatic carbocycles. The van der Waals surface area contributed by atoms with Gasteiger partial charge in [-0.1, -0.05) is 36.4 Å². The number of thiophene rings is 1. The summed E-state index contributed by atoms with van der Waals surface area (Å²) < 4.78 is 1.88. The first-order valence-corrected chi connectivity index (χ1v) is 11.3. The van der Waals surface area contributed by atoms with E-state index in [9.17, 15) is 9.59 Å². The molecule has 0 spiro atoms. The van der Waals surface area contributed by atoms with Gasteiger partial charge in [-0.15, -0.1) is 11.3 Å². The Morgan fingerprint density at radius 2 is 1.75 bits per heavy atom. The highest BCUT2D eigenvalue weighted by atomic mass is 32.1. The van der Waals surface area contributed by atoms with Crippen LogP contribution in [0.25, 0.3) is 5.69 Å². The maximum absolute atomic E-state index is 12.7. The van der Waals surface area contributed by atoms with Crippen molar-refractivity contribution < 1.29 is 9.59 Å². The molecule has 0 saturated carbocycles. The highest BCUT2D eigenvalue weighted by Crippen LogP contribution is 2.18. The Kier molecular flexibility index (Phi) is 6.77. The normalized spacial score (nSPS) is 10.7. The molecule has 6 nitrogen and oxygen atoms in total. The van der Waals surface area contributed by atoms with Crippen LogP contribution in [0.3, 0.4) is 0 Å². The van der Waals surface area contributed by atoms with Gasteiger partial charge < -0.3 is 10.6 Å². The van der Waals surface area contributed by atoms with Gasteiger partial charge in [-0.25, -0.2) is 4.68 Å². The fourth-order valence-electron chi connectivity index (χ4n) is 3.41. The molecule has 4 rings (SSSR count). The molecule has 2 heterocycles. The van der Waals surface area contributed by atoms with Gasteiger partial charge in [-0.2, -0.15) is 5.10 Å². The second kappa shape index (κ2) is 10.1. The Labute approximate surface area is 190 Å². The second-order valence-corrected chi connectivity index (χ2v) is 8.30. The molecular weight excluding hydrogens is 420 g/mol. The quantitative estimate of drug-likeness (QED) is 0.381. The van der Waals surface area contributed by atoms with Crippen molar-refractivity contribution in [1.82, 2.24) is 15.1 Å². The molecule has 0 bridgehead atoms. The largest absolute Gasteiger partial charge is 0.352 e. The molecule has 0 radical (unpaired) electrons. The zero-order valence-corrected chi connectivity index (χ0v) is 18.6. The van der Waals surface area contributed by atoms with Gasteiger partial charge in [0.25, 0.3) is 11.8 Å². The molecule has 162 valence electrons. The lowest BCUT2D eigenvalue weighted by Crippen LogP contribution is -2.26. The van der Waals surface area contributed by atoms with Crippen LogP contribution in [0.1, 0.15) is 37.7 Å². The topological polar surface area (TPSA) is 76.0 Å². The maximum atomic E-state index is 12.7. The molecule has 2 aromatic heterocycles. The predicted octanol–water partition coefficient (Wildman–Crippen LogP) is 4.86. The highest BCUT2D eigenvalue weighted by molar-refractivity contribution is 7.12. The Hall–Kier alpha value is -3.71. The highest BCUT2D eigenvalue weighted by Gasteiger charge is 2.14. The van der Waals surface area contributed by atoms with E-state index < -0.39 is 0 Å². The van der Waals surface area contributed by atoms with Crippen molar-refractivity contribution in [2.45, 2.75) is 19.8 Å². The lowest BCUT2D eigenvalue weighted by atomic mass is 10.1. The first kappa shape index (κ1) is 21.5. The first-order valence-electron chi connectivity index (χ1n) is 10.4. The van der Waals surface area contributed by atoms with Crippen LogP contribution in [0.15, 0.2) is 78.3 Å². The molecule has 32 heavy (non-hydrogen) atoms. The van der Waals surface area contributed by atoms with E-state index in [1.165, 1.54) is 11.3 Å². The third-order valence-corrected chi connectivity index (χ3v) is 5.96. The number of carbonyl (C=O) groups excluding carboxylic acids is 2. The average molecular weight is 445 g/mol. The fourth-order valence-corrected chi connectivity index (χ4v) is 4.03. The van der Waals surface area contributed by atoms with Crippen LogP contribution in [0.4, 0.5) is 5.69 Å². The monoisotopic (exact) mass is 444 g/mol. The summed E-state index contributed by atoms with van der Waals surface area (Å²) in [6, 6.07) is 20.6. The van der Waals surface area contributed by atoms with Crippen molar-refractivity contribution in [3.8, 4) is 5.69 Å². The molecule has 2 N–H and O–H groups in total. The Bertz CT molecular complexity index is 1200. The summed E-state index contributed by atoms with van der Waals surface area (Å²) in [4.78, 5) is 25.7. The number of carbonyl (C=O) groups is 2. The number of nitrogens with one attached hydrogen (secondary N) is 2. The first-order chi connectivity index (χ1) is 15.6. The van der Waals surface area contributed by atoms with Crippen LogP contribution < -0.4 is 10.6 Å². The molecule has 0 atom stereocenters. The minimum absolute atomic E-state index is 0.205. The zero-order chi connectivity index (χ0) is 22.3. The minimum atomic E-state index is -0.217. The number of amides is 2. The molecule has 0 fully saturated rings. The van der Waals surface area contributed by atoms with Gasteiger partial charge in [-0.3, -0.25) is 9.59 Å². The van der Waals surface area contributed by atoms with Crippen molar-refractivity contribution in [3.05, 3.63) is 100 Å². The fraction of sp³-hybridized carbons (Fsp3) is 0.160. The number of nitrogens with zero attached hydrogens (tertiary/aromatic N) is 2. The Balaban J connectivity index is 1.32. The molecule has 2 amide bonds. The molecule has 0 unspecified atom stereocenters. The number of hydrogen-bond donors (Lipinski definition) is 2. The number of aromatic nitrogens is 2. The summed E-state index contributed by atoms with van der Waals surface area (Å²) in [5.41, 5.74) is 4.12. The summed E-state index contributed by atoms with van der Waals surface area (Å²) in [7, 11) is 0. The van der Waals surface area contributed by atoms with Crippen LogP contribution in [0.2, 0.25) is 0 Å². The Morgan fingerprint density at radius 3 is 2.53 bits per heavy atom. The predicted molar refractivity (Wildman–Crippen MR) is 128 cm³/mol. The molecule has 2 aromatic carbocycles. The summed E-state index contributed by atoms with van der Waals surface area (Å²) in [6.45, 7) is 2.53. The molecule has 4 aromatic rings. The lowest BCUT2D eigenvalue weighted by molar-refractivity contribution is 0.0954. The Morgan fingerprint density at radius 1 is 0.969 bits per heavy atom. The summed E-state index contributed by atoms with van der Waals surface area (Å²) in [5, 5.41) is 12.2. The van der Waals surface area contributed by atoms with Gasteiger partial charge >= 0.3 is 0 Å². The van der Waals surface area contributed by atoms with E-state index >= 15 is 0 Å². The van der Waals surface area contributed by atoms with Crippen molar-refractivity contribution in [3.63, 3.8) is 0 Å². The van der Waals surface area contributed by atoms with Crippen LogP contribution in [-0.2, 0) is 6.42 Å². The van der Waals surface area contributed by atoms with E-state index in [1.54, 1.807) is 30.3 Å². The smallest absolute Gasteiger partial charge is 0.265 e.